The fourth-order valence-electron chi connectivity index (χ4n) is 2.46. The van der Waals surface area contributed by atoms with Gasteiger partial charge in [0.2, 0.25) is 5.91 Å². The molecule has 132 valence electrons. The summed E-state index contributed by atoms with van der Waals surface area (Å²) < 4.78 is 42.2. The number of hydrogen-bond donors (Lipinski definition) is 2. The Bertz CT molecular complexity index is 668. The van der Waals surface area contributed by atoms with Gasteiger partial charge in [-0.1, -0.05) is 6.92 Å². The summed E-state index contributed by atoms with van der Waals surface area (Å²) in [6.45, 7) is 0.145. The van der Waals surface area contributed by atoms with Gasteiger partial charge in [0, 0.05) is 19.0 Å². The second-order valence-corrected chi connectivity index (χ2v) is 5.30. The molecule has 0 spiro atoms. The number of carbonyl (C=O) groups is 3. The summed E-state index contributed by atoms with van der Waals surface area (Å²) in [6, 6.07) is -0.0630. The second-order valence-electron chi connectivity index (χ2n) is 5.30. The Kier molecular flexibility index (Phi) is 4.86. The Morgan fingerprint density at radius 3 is 2.62 bits per heavy atom. The molecule has 7 nitrogen and oxygen atoms in total. The molecule has 1 aliphatic heterocycles. The molecular weight excluding hydrogens is 333 g/mol. The molecule has 1 aromatic rings. The SMILES string of the molecule is CCc1oc(C(=O)NC2CCN(CC(F)(F)F)C2=O)cc1C(=O)O. The number of likely N-dealkylation sites (tertiary alicyclic amines) is 1. The monoisotopic (exact) mass is 348 g/mol. The van der Waals surface area contributed by atoms with E-state index in [0.29, 0.717) is 4.90 Å². The zero-order chi connectivity index (χ0) is 18.1. The lowest BCUT2D eigenvalue weighted by Gasteiger charge is -2.18. The summed E-state index contributed by atoms with van der Waals surface area (Å²) in [4.78, 5) is 35.6. The summed E-state index contributed by atoms with van der Waals surface area (Å²) in [5.74, 6) is -3.14. The Hall–Kier alpha value is -2.52. The number of hydrogen-bond acceptors (Lipinski definition) is 4. The van der Waals surface area contributed by atoms with Crippen LogP contribution < -0.4 is 5.32 Å². The molecule has 2 amide bonds. The van der Waals surface area contributed by atoms with E-state index in [0.717, 1.165) is 6.07 Å². The predicted octanol–water partition coefficient (Wildman–Crippen LogP) is 1.43. The van der Waals surface area contributed by atoms with E-state index in [1.54, 1.807) is 6.92 Å². The van der Waals surface area contributed by atoms with Gasteiger partial charge in [-0.3, -0.25) is 9.59 Å². The number of aryl methyl sites for hydroxylation is 1. The van der Waals surface area contributed by atoms with Crippen LogP contribution in [0.5, 0.6) is 0 Å². The molecule has 1 unspecified atom stereocenters. The maximum absolute atomic E-state index is 12.3. The van der Waals surface area contributed by atoms with Crippen molar-refractivity contribution >= 4 is 17.8 Å². The van der Waals surface area contributed by atoms with Gasteiger partial charge in [-0.05, 0) is 6.42 Å². The Morgan fingerprint density at radius 1 is 1.46 bits per heavy atom. The number of nitrogens with one attached hydrogen (secondary N) is 1. The highest BCUT2D eigenvalue weighted by molar-refractivity contribution is 5.98. The lowest BCUT2D eigenvalue weighted by Crippen LogP contribution is -2.43. The van der Waals surface area contributed by atoms with Gasteiger partial charge in [-0.15, -0.1) is 0 Å². The third-order valence-corrected chi connectivity index (χ3v) is 3.56. The van der Waals surface area contributed by atoms with Gasteiger partial charge in [-0.25, -0.2) is 4.79 Å². The van der Waals surface area contributed by atoms with E-state index in [4.69, 9.17) is 9.52 Å². The molecule has 1 aliphatic rings. The van der Waals surface area contributed by atoms with Crippen molar-refractivity contribution in [1.82, 2.24) is 10.2 Å². The lowest BCUT2D eigenvalue weighted by molar-refractivity contribution is -0.157. The van der Waals surface area contributed by atoms with Crippen molar-refractivity contribution in [2.24, 2.45) is 0 Å². The van der Waals surface area contributed by atoms with E-state index in [2.05, 4.69) is 5.32 Å². The standard InChI is InChI=1S/C14H15F3N2O5/c1-2-9-7(13(22)23)5-10(24-9)11(20)18-8-3-4-19(12(8)21)6-14(15,16)17/h5,8H,2-4,6H2,1H3,(H,18,20)(H,22,23). The van der Waals surface area contributed by atoms with E-state index < -0.39 is 36.5 Å². The highest BCUT2D eigenvalue weighted by atomic mass is 19.4. The maximum atomic E-state index is 12.3. The fourth-order valence-corrected chi connectivity index (χ4v) is 2.46. The van der Waals surface area contributed by atoms with Gasteiger partial charge in [0.25, 0.3) is 5.91 Å². The molecule has 0 radical (unpaired) electrons. The number of rotatable bonds is 5. The Morgan fingerprint density at radius 2 is 2.12 bits per heavy atom. The van der Waals surface area contributed by atoms with Crippen LogP contribution in [0.15, 0.2) is 10.5 Å². The minimum atomic E-state index is -4.51. The average molecular weight is 348 g/mol. The minimum absolute atomic E-state index is 0.0355. The maximum Gasteiger partial charge on any atom is 0.406 e. The number of carbonyl (C=O) groups excluding carboxylic acids is 2. The van der Waals surface area contributed by atoms with E-state index in [9.17, 15) is 27.6 Å². The number of carboxylic acid groups (broad SMARTS) is 1. The quantitative estimate of drug-likeness (QED) is 0.839. The molecule has 0 aliphatic carbocycles. The number of alkyl halides is 3. The topological polar surface area (TPSA) is 99.9 Å². The first-order valence-electron chi connectivity index (χ1n) is 7.14. The smallest absolute Gasteiger partial charge is 0.406 e. The van der Waals surface area contributed by atoms with Gasteiger partial charge in [0.05, 0.1) is 0 Å². The predicted molar refractivity (Wildman–Crippen MR) is 73.6 cm³/mol. The molecule has 1 fully saturated rings. The summed E-state index contributed by atoms with van der Waals surface area (Å²) >= 11 is 0. The molecule has 0 bridgehead atoms. The molecule has 1 aromatic heterocycles. The molecular formula is C14H15F3N2O5. The van der Waals surface area contributed by atoms with E-state index in [-0.39, 0.29) is 36.5 Å². The van der Waals surface area contributed by atoms with Gasteiger partial charge in [0.15, 0.2) is 5.76 Å². The van der Waals surface area contributed by atoms with Crippen LogP contribution in [-0.4, -0.2) is 53.1 Å². The van der Waals surface area contributed by atoms with Crippen LogP contribution in [0.3, 0.4) is 0 Å². The summed E-state index contributed by atoms with van der Waals surface area (Å²) in [7, 11) is 0. The summed E-state index contributed by atoms with van der Waals surface area (Å²) in [5, 5.41) is 11.3. The van der Waals surface area contributed by atoms with Gasteiger partial charge in [0.1, 0.15) is 23.9 Å². The minimum Gasteiger partial charge on any atom is -0.478 e. The largest absolute Gasteiger partial charge is 0.478 e. The Labute approximate surface area is 134 Å². The van der Waals surface area contributed by atoms with Crippen molar-refractivity contribution in [2.75, 3.05) is 13.1 Å². The fraction of sp³-hybridized carbons (Fsp3) is 0.500. The summed E-state index contributed by atoms with van der Waals surface area (Å²) in [6.07, 6.45) is -4.23. The van der Waals surface area contributed by atoms with E-state index >= 15 is 0 Å². The number of carboxylic acids is 1. The molecule has 2 rings (SSSR count). The average Bonchev–Trinajstić information content (AvgIpc) is 3.04. The number of aromatic carboxylic acids is 1. The van der Waals surface area contributed by atoms with Crippen LogP contribution in [0, 0.1) is 0 Å². The third-order valence-electron chi connectivity index (χ3n) is 3.56. The van der Waals surface area contributed by atoms with Gasteiger partial charge < -0.3 is 19.7 Å². The van der Waals surface area contributed by atoms with Crippen molar-refractivity contribution < 1.29 is 37.1 Å². The molecule has 0 saturated carbocycles. The molecule has 1 saturated heterocycles. The molecule has 10 heteroatoms. The first-order valence-corrected chi connectivity index (χ1v) is 7.14. The van der Waals surface area contributed by atoms with Crippen molar-refractivity contribution in [3.63, 3.8) is 0 Å². The van der Waals surface area contributed by atoms with E-state index in [1.807, 2.05) is 0 Å². The first-order chi connectivity index (χ1) is 11.1. The van der Waals surface area contributed by atoms with Gasteiger partial charge in [-0.2, -0.15) is 13.2 Å². The first kappa shape index (κ1) is 17.8. The Balaban J connectivity index is 2.05. The molecule has 1 atom stereocenters. The van der Waals surface area contributed by atoms with Crippen LogP contribution in [0.1, 0.15) is 40.0 Å². The third kappa shape index (κ3) is 3.87. The van der Waals surface area contributed by atoms with Crippen LogP contribution in [-0.2, 0) is 11.2 Å². The lowest BCUT2D eigenvalue weighted by atomic mass is 10.2. The number of furan rings is 1. The highest BCUT2D eigenvalue weighted by Gasteiger charge is 2.40. The number of halogens is 3. The van der Waals surface area contributed by atoms with Crippen molar-refractivity contribution in [2.45, 2.75) is 32.0 Å². The number of nitrogens with zero attached hydrogens (tertiary/aromatic N) is 1. The van der Waals surface area contributed by atoms with Crippen molar-refractivity contribution in [3.05, 3.63) is 23.2 Å². The molecule has 0 aromatic carbocycles. The van der Waals surface area contributed by atoms with Crippen molar-refractivity contribution in [1.29, 1.82) is 0 Å². The molecule has 2 N–H and O–H groups in total. The van der Waals surface area contributed by atoms with Crippen LogP contribution in [0.4, 0.5) is 13.2 Å². The zero-order valence-electron chi connectivity index (χ0n) is 12.6. The second kappa shape index (κ2) is 6.54. The van der Waals surface area contributed by atoms with Crippen molar-refractivity contribution in [3.8, 4) is 0 Å². The van der Waals surface area contributed by atoms with E-state index in [1.165, 1.54) is 0 Å². The molecule has 2 heterocycles. The molecule has 24 heavy (non-hydrogen) atoms. The van der Waals surface area contributed by atoms with Crippen LogP contribution in [0.25, 0.3) is 0 Å². The summed E-state index contributed by atoms with van der Waals surface area (Å²) in [5.41, 5.74) is -0.168. The number of amides is 2. The zero-order valence-corrected chi connectivity index (χ0v) is 12.6. The highest BCUT2D eigenvalue weighted by Crippen LogP contribution is 2.22. The normalized spacial score (nSPS) is 18.1. The van der Waals surface area contributed by atoms with Crippen LogP contribution in [0.2, 0.25) is 0 Å². The van der Waals surface area contributed by atoms with Crippen LogP contribution >= 0.6 is 0 Å². The van der Waals surface area contributed by atoms with Gasteiger partial charge >= 0.3 is 12.1 Å².